The highest BCUT2D eigenvalue weighted by Crippen LogP contribution is 2.39. The zero-order valence-corrected chi connectivity index (χ0v) is 20.3. The molecule has 37 heavy (non-hydrogen) atoms. The molecule has 3 fully saturated rings. The second-order valence-corrected chi connectivity index (χ2v) is 9.88. The lowest BCUT2D eigenvalue weighted by Gasteiger charge is -2.39. The predicted octanol–water partition coefficient (Wildman–Crippen LogP) is 3.39. The van der Waals surface area contributed by atoms with Crippen LogP contribution in [-0.4, -0.2) is 87.1 Å². The fourth-order valence-corrected chi connectivity index (χ4v) is 5.13. The Morgan fingerprint density at radius 2 is 1.95 bits per heavy atom. The summed E-state index contributed by atoms with van der Waals surface area (Å²) in [7, 11) is 1.19. The highest BCUT2D eigenvalue weighted by molar-refractivity contribution is 5.86. The number of amides is 2. The van der Waals surface area contributed by atoms with Crippen molar-refractivity contribution in [2.75, 3.05) is 33.2 Å². The van der Waals surface area contributed by atoms with Crippen LogP contribution in [0.5, 0.6) is 5.88 Å². The van der Waals surface area contributed by atoms with Gasteiger partial charge in [0.1, 0.15) is 12.1 Å². The number of likely N-dealkylation sites (N-methyl/N-ethyl adjacent to an activating group) is 1. The highest BCUT2D eigenvalue weighted by atomic mass is 19.4. The number of piperazine rings is 1. The molecule has 2 aromatic rings. The maximum Gasteiger partial charge on any atom is 0.416 e. The Bertz CT molecular complexity index is 1160. The molecule has 1 aromatic carbocycles. The summed E-state index contributed by atoms with van der Waals surface area (Å²) in [5, 5.41) is 9.56. The van der Waals surface area contributed by atoms with Crippen LogP contribution in [0.1, 0.15) is 48.0 Å². The molecule has 1 saturated carbocycles. The fraction of sp³-hybridized carbons (Fsp3) is 0.520. The van der Waals surface area contributed by atoms with Gasteiger partial charge in [-0.25, -0.2) is 9.78 Å². The number of hydrogen-bond donors (Lipinski definition) is 1. The van der Waals surface area contributed by atoms with E-state index in [2.05, 4.69) is 14.9 Å². The third kappa shape index (κ3) is 5.48. The first-order valence-corrected chi connectivity index (χ1v) is 12.2. The fourth-order valence-electron chi connectivity index (χ4n) is 5.13. The first-order valence-electron chi connectivity index (χ1n) is 12.2. The summed E-state index contributed by atoms with van der Waals surface area (Å²) in [5.41, 5.74) is 0.0236. The first kappa shape index (κ1) is 25.2. The number of halogens is 3. The van der Waals surface area contributed by atoms with E-state index in [1.165, 1.54) is 24.1 Å². The molecular formula is C25H28F3N5O4. The molecular weight excluding hydrogens is 491 g/mol. The van der Waals surface area contributed by atoms with Gasteiger partial charge in [-0.3, -0.25) is 19.6 Å². The number of rotatable bonds is 6. The van der Waals surface area contributed by atoms with Crippen LogP contribution < -0.4 is 4.74 Å². The minimum Gasteiger partial charge on any atom is -0.472 e. The summed E-state index contributed by atoms with van der Waals surface area (Å²) < 4.78 is 45.9. The summed E-state index contributed by atoms with van der Waals surface area (Å²) in [6.07, 6.45) is 0.155. The van der Waals surface area contributed by atoms with E-state index >= 15 is 0 Å². The number of carboxylic acid groups (broad SMARTS) is 1. The Morgan fingerprint density at radius 1 is 1.16 bits per heavy atom. The van der Waals surface area contributed by atoms with E-state index in [4.69, 9.17) is 4.74 Å². The summed E-state index contributed by atoms with van der Waals surface area (Å²) in [6, 6.07) is 2.87. The summed E-state index contributed by atoms with van der Waals surface area (Å²) in [5.74, 6) is 0.412. The normalized spacial score (nSPS) is 22.9. The van der Waals surface area contributed by atoms with Crippen LogP contribution in [0.3, 0.4) is 0 Å². The molecule has 0 radical (unpaired) electrons. The zero-order valence-electron chi connectivity index (χ0n) is 20.3. The predicted molar refractivity (Wildman–Crippen MR) is 125 cm³/mol. The summed E-state index contributed by atoms with van der Waals surface area (Å²) in [4.78, 5) is 38.6. The second-order valence-electron chi connectivity index (χ2n) is 9.88. The molecule has 3 aliphatic rings. The molecule has 1 N–H and O–H groups in total. The minimum atomic E-state index is -4.61. The van der Waals surface area contributed by atoms with Gasteiger partial charge in [0.15, 0.2) is 0 Å². The molecule has 1 unspecified atom stereocenters. The zero-order chi connectivity index (χ0) is 26.3. The van der Waals surface area contributed by atoms with Gasteiger partial charge in [0.2, 0.25) is 11.8 Å². The van der Waals surface area contributed by atoms with Crippen molar-refractivity contribution in [1.29, 1.82) is 0 Å². The van der Waals surface area contributed by atoms with Crippen molar-refractivity contribution >= 4 is 12.0 Å². The van der Waals surface area contributed by atoms with Gasteiger partial charge < -0.3 is 14.7 Å². The van der Waals surface area contributed by atoms with Crippen molar-refractivity contribution in [3.63, 3.8) is 0 Å². The number of fused-ring (bicyclic) bond motifs is 1. The van der Waals surface area contributed by atoms with Crippen molar-refractivity contribution in [1.82, 2.24) is 24.7 Å². The van der Waals surface area contributed by atoms with Gasteiger partial charge in [0.05, 0.1) is 23.7 Å². The molecule has 5 rings (SSSR count). The number of aromatic nitrogens is 2. The Balaban J connectivity index is 1.27. The first-order chi connectivity index (χ1) is 17.6. The SMILES string of the molecule is CN(C(=O)O)C(C(=O)N1CCN2C[C@H](Oc3cnc(C4CC4)cn3)C[C@H]2C1)c1cccc(C(F)(F)F)c1. The molecule has 12 heteroatoms. The van der Waals surface area contributed by atoms with Crippen LogP contribution in [0.2, 0.25) is 0 Å². The van der Waals surface area contributed by atoms with Gasteiger partial charge in [0.25, 0.3) is 0 Å². The van der Waals surface area contributed by atoms with E-state index in [1.54, 1.807) is 12.4 Å². The maximum absolute atomic E-state index is 13.5. The van der Waals surface area contributed by atoms with Crippen molar-refractivity contribution in [2.45, 2.75) is 49.5 Å². The van der Waals surface area contributed by atoms with Gasteiger partial charge in [-0.2, -0.15) is 13.2 Å². The van der Waals surface area contributed by atoms with Crippen LogP contribution in [0.25, 0.3) is 0 Å². The maximum atomic E-state index is 13.5. The van der Waals surface area contributed by atoms with Crippen LogP contribution in [0, 0.1) is 0 Å². The lowest BCUT2D eigenvalue weighted by atomic mass is 10.0. The average molecular weight is 520 g/mol. The van der Waals surface area contributed by atoms with E-state index in [9.17, 15) is 27.9 Å². The minimum absolute atomic E-state index is 0.0151. The van der Waals surface area contributed by atoms with Gasteiger partial charge >= 0.3 is 12.3 Å². The number of carbonyl (C=O) groups excluding carboxylic acids is 1. The summed E-state index contributed by atoms with van der Waals surface area (Å²) >= 11 is 0. The van der Waals surface area contributed by atoms with E-state index in [0.717, 1.165) is 35.6 Å². The number of carbonyl (C=O) groups is 2. The van der Waals surface area contributed by atoms with E-state index in [-0.39, 0.29) is 17.7 Å². The average Bonchev–Trinajstić information content (AvgIpc) is 3.63. The Kier molecular flexibility index (Phi) is 6.69. The van der Waals surface area contributed by atoms with Gasteiger partial charge in [-0.1, -0.05) is 12.1 Å². The van der Waals surface area contributed by atoms with Crippen LogP contribution in [0.15, 0.2) is 36.7 Å². The van der Waals surface area contributed by atoms with Crippen molar-refractivity contribution in [3.05, 3.63) is 53.5 Å². The molecule has 3 heterocycles. The Labute approximate surface area is 211 Å². The standard InChI is InChI=1S/C25H28F3N5O4/c1-31(24(35)36)22(16-3-2-4-17(9-16)25(26,27)28)23(34)33-8-7-32-14-19(10-18(32)13-33)37-21-12-29-20(11-30-21)15-5-6-15/h2-4,9,11-12,15,18-19,22H,5-8,10,13-14H2,1H3,(H,35,36)/t18-,19+,22?/m0/s1. The number of nitrogens with zero attached hydrogens (tertiary/aromatic N) is 5. The molecule has 2 saturated heterocycles. The van der Waals surface area contributed by atoms with Crippen LogP contribution >= 0.6 is 0 Å². The third-order valence-corrected chi connectivity index (χ3v) is 7.27. The lowest BCUT2D eigenvalue weighted by Crippen LogP contribution is -2.54. The molecule has 9 nitrogen and oxygen atoms in total. The van der Waals surface area contributed by atoms with Gasteiger partial charge in [-0.05, 0) is 30.5 Å². The smallest absolute Gasteiger partial charge is 0.416 e. The van der Waals surface area contributed by atoms with E-state index in [1.807, 2.05) is 0 Å². The highest BCUT2D eigenvalue weighted by Gasteiger charge is 2.42. The molecule has 2 amide bonds. The topological polar surface area (TPSA) is 99.1 Å². The number of alkyl halides is 3. The lowest BCUT2D eigenvalue weighted by molar-refractivity contribution is -0.140. The molecule has 0 spiro atoms. The molecule has 3 atom stereocenters. The van der Waals surface area contributed by atoms with Crippen LogP contribution in [0.4, 0.5) is 18.0 Å². The van der Waals surface area contributed by atoms with E-state index < -0.39 is 29.8 Å². The Hall–Kier alpha value is -3.41. The molecule has 198 valence electrons. The van der Waals surface area contributed by atoms with E-state index in [0.29, 0.717) is 44.4 Å². The molecule has 0 bridgehead atoms. The van der Waals surface area contributed by atoms with Crippen molar-refractivity contribution in [3.8, 4) is 5.88 Å². The van der Waals surface area contributed by atoms with Gasteiger partial charge in [-0.15, -0.1) is 0 Å². The number of hydrogen-bond acceptors (Lipinski definition) is 6. The monoisotopic (exact) mass is 519 g/mol. The number of benzene rings is 1. The Morgan fingerprint density at radius 3 is 2.59 bits per heavy atom. The third-order valence-electron chi connectivity index (χ3n) is 7.27. The van der Waals surface area contributed by atoms with Crippen molar-refractivity contribution < 1.29 is 32.6 Å². The largest absolute Gasteiger partial charge is 0.472 e. The van der Waals surface area contributed by atoms with Crippen LogP contribution in [-0.2, 0) is 11.0 Å². The van der Waals surface area contributed by atoms with Crippen molar-refractivity contribution in [2.24, 2.45) is 0 Å². The molecule has 1 aliphatic carbocycles. The van der Waals surface area contributed by atoms with Gasteiger partial charge in [0, 0.05) is 51.6 Å². The summed E-state index contributed by atoms with van der Waals surface area (Å²) in [6.45, 7) is 1.87. The second kappa shape index (κ2) is 9.81. The molecule has 2 aliphatic heterocycles. The molecule has 1 aromatic heterocycles. The quantitative estimate of drug-likeness (QED) is 0.625. The number of ether oxygens (including phenoxy) is 1.